The number of ether oxygens (including phenoxy) is 4. The Labute approximate surface area is 193 Å². The van der Waals surface area contributed by atoms with E-state index in [2.05, 4.69) is 5.32 Å². The number of carbonyl (C=O) groups excluding carboxylic acids is 1. The van der Waals surface area contributed by atoms with Crippen molar-refractivity contribution in [2.75, 3.05) is 32.9 Å². The minimum absolute atomic E-state index is 0.164. The summed E-state index contributed by atoms with van der Waals surface area (Å²) < 4.78 is 21.7. The summed E-state index contributed by atoms with van der Waals surface area (Å²) in [5.74, 6) is 2.77. The Morgan fingerprint density at radius 2 is 1.70 bits per heavy atom. The van der Waals surface area contributed by atoms with Crippen LogP contribution in [0.2, 0.25) is 0 Å². The summed E-state index contributed by atoms with van der Waals surface area (Å²) in [5, 5.41) is 3.05. The molecule has 1 aliphatic rings. The van der Waals surface area contributed by atoms with Gasteiger partial charge in [0.2, 0.25) is 6.79 Å². The van der Waals surface area contributed by atoms with Crippen molar-refractivity contribution in [3.8, 4) is 23.0 Å². The summed E-state index contributed by atoms with van der Waals surface area (Å²) in [5.41, 5.74) is 3.82. The number of carbonyl (C=O) groups is 1. The molecule has 3 aromatic carbocycles. The topological polar surface area (TPSA) is 69.3 Å². The maximum atomic E-state index is 13.3. The van der Waals surface area contributed by atoms with E-state index in [1.165, 1.54) is 0 Å². The first-order valence-corrected chi connectivity index (χ1v) is 10.8. The highest BCUT2D eigenvalue weighted by Gasteiger charge is 2.19. The van der Waals surface area contributed by atoms with E-state index in [9.17, 15) is 4.79 Å². The molecule has 0 atom stereocenters. The van der Waals surface area contributed by atoms with E-state index in [0.717, 1.165) is 28.1 Å². The molecule has 0 saturated heterocycles. The van der Waals surface area contributed by atoms with Gasteiger partial charge in [0.15, 0.2) is 23.0 Å². The Morgan fingerprint density at radius 3 is 2.48 bits per heavy atom. The second-order valence-corrected chi connectivity index (χ2v) is 7.79. The largest absolute Gasteiger partial charge is 0.493 e. The number of nitrogens with zero attached hydrogens (tertiary/aromatic N) is 1. The third-order valence-corrected chi connectivity index (χ3v) is 5.60. The van der Waals surface area contributed by atoms with Crippen molar-refractivity contribution in [2.45, 2.75) is 19.9 Å². The van der Waals surface area contributed by atoms with Gasteiger partial charge in [-0.25, -0.2) is 4.79 Å². The summed E-state index contributed by atoms with van der Waals surface area (Å²) >= 11 is 0. The monoisotopic (exact) mass is 448 g/mol. The maximum absolute atomic E-state index is 13.3. The van der Waals surface area contributed by atoms with Crippen LogP contribution < -0.4 is 24.3 Å². The van der Waals surface area contributed by atoms with Gasteiger partial charge in [-0.15, -0.1) is 0 Å². The van der Waals surface area contributed by atoms with Gasteiger partial charge < -0.3 is 29.2 Å². The minimum atomic E-state index is -0.164. The fraction of sp³-hybridized carbons (Fsp3) is 0.269. The Balaban J connectivity index is 1.52. The molecule has 0 aliphatic carbocycles. The van der Waals surface area contributed by atoms with E-state index < -0.39 is 0 Å². The summed E-state index contributed by atoms with van der Waals surface area (Å²) in [6, 6.07) is 19.1. The molecule has 0 aromatic heterocycles. The molecule has 0 saturated carbocycles. The zero-order chi connectivity index (χ0) is 23.2. The molecule has 0 unspecified atom stereocenters. The van der Waals surface area contributed by atoms with Gasteiger partial charge in [-0.1, -0.05) is 30.3 Å². The Kier molecular flexibility index (Phi) is 6.88. The lowest BCUT2D eigenvalue weighted by molar-refractivity contribution is 0.174. The van der Waals surface area contributed by atoms with Crippen LogP contribution in [0.1, 0.15) is 16.7 Å². The van der Waals surface area contributed by atoms with E-state index in [-0.39, 0.29) is 12.8 Å². The number of fused-ring (bicyclic) bond motifs is 1. The van der Waals surface area contributed by atoms with Crippen LogP contribution in [0.5, 0.6) is 23.0 Å². The van der Waals surface area contributed by atoms with Crippen LogP contribution in [0.3, 0.4) is 0 Å². The average Bonchev–Trinajstić information content (AvgIpc) is 3.30. The first-order chi connectivity index (χ1) is 16.1. The van der Waals surface area contributed by atoms with E-state index in [1.54, 1.807) is 19.1 Å². The first kappa shape index (κ1) is 22.3. The number of amides is 2. The van der Waals surface area contributed by atoms with Crippen LogP contribution in [0.4, 0.5) is 10.5 Å². The van der Waals surface area contributed by atoms with Crippen molar-refractivity contribution in [1.29, 1.82) is 0 Å². The number of methoxy groups -OCH3 is 2. The molecule has 1 aliphatic heterocycles. The lowest BCUT2D eigenvalue weighted by Crippen LogP contribution is -2.36. The van der Waals surface area contributed by atoms with Crippen molar-refractivity contribution in [3.63, 3.8) is 0 Å². The number of para-hydroxylation sites is 1. The van der Waals surface area contributed by atoms with Gasteiger partial charge in [0.05, 0.1) is 14.2 Å². The van der Waals surface area contributed by atoms with Crippen molar-refractivity contribution in [2.24, 2.45) is 0 Å². The number of nitrogens with one attached hydrogen (secondary N) is 1. The molecule has 7 heteroatoms. The van der Waals surface area contributed by atoms with Crippen LogP contribution in [-0.2, 0) is 13.0 Å². The molecule has 0 spiro atoms. The fourth-order valence-electron chi connectivity index (χ4n) is 3.72. The highest BCUT2D eigenvalue weighted by Crippen LogP contribution is 2.33. The number of urea groups is 1. The third-order valence-electron chi connectivity index (χ3n) is 5.60. The number of hydrogen-bond donors (Lipinski definition) is 1. The number of aryl methyl sites for hydroxylation is 1. The second kappa shape index (κ2) is 10.2. The molecule has 172 valence electrons. The quantitative estimate of drug-likeness (QED) is 0.524. The van der Waals surface area contributed by atoms with Crippen LogP contribution in [-0.4, -0.2) is 38.5 Å². The van der Waals surface area contributed by atoms with Crippen LogP contribution in [0, 0.1) is 6.92 Å². The molecule has 0 radical (unpaired) electrons. The molecule has 4 rings (SSSR count). The molecule has 7 nitrogen and oxygen atoms in total. The SMILES string of the molecule is COc1ccc(CCN(Cc2ccc3c(c2)OCO3)C(=O)Nc2ccccc2C)cc1OC. The van der Waals surface area contributed by atoms with E-state index in [4.69, 9.17) is 18.9 Å². The van der Waals surface area contributed by atoms with Crippen LogP contribution in [0.25, 0.3) is 0 Å². The van der Waals surface area contributed by atoms with Gasteiger partial charge in [0, 0.05) is 18.8 Å². The van der Waals surface area contributed by atoms with Crippen molar-refractivity contribution >= 4 is 11.7 Å². The molecule has 1 heterocycles. The van der Waals surface area contributed by atoms with E-state index >= 15 is 0 Å². The van der Waals surface area contributed by atoms with Crippen molar-refractivity contribution < 1.29 is 23.7 Å². The smallest absolute Gasteiger partial charge is 0.322 e. The van der Waals surface area contributed by atoms with Gasteiger partial charge >= 0.3 is 6.03 Å². The standard InChI is InChI=1S/C26H28N2O5/c1-18-6-4-5-7-21(18)27-26(29)28(16-20-9-11-23-25(15-20)33-17-32-23)13-12-19-8-10-22(30-2)24(14-19)31-3/h4-11,14-15H,12-13,16-17H2,1-3H3,(H,27,29). The second-order valence-electron chi connectivity index (χ2n) is 7.79. The van der Waals surface area contributed by atoms with E-state index in [0.29, 0.717) is 36.8 Å². The highest BCUT2D eigenvalue weighted by atomic mass is 16.7. The van der Waals surface area contributed by atoms with Crippen molar-refractivity contribution in [3.05, 3.63) is 77.4 Å². The maximum Gasteiger partial charge on any atom is 0.322 e. The molecule has 3 aromatic rings. The Bertz CT molecular complexity index is 1130. The zero-order valence-electron chi connectivity index (χ0n) is 19.1. The lowest BCUT2D eigenvalue weighted by Gasteiger charge is -2.24. The number of hydrogen-bond acceptors (Lipinski definition) is 5. The van der Waals surface area contributed by atoms with Gasteiger partial charge in [0.25, 0.3) is 0 Å². The zero-order valence-corrected chi connectivity index (χ0v) is 19.1. The van der Waals surface area contributed by atoms with Gasteiger partial charge in [-0.05, 0) is 60.4 Å². The fourth-order valence-corrected chi connectivity index (χ4v) is 3.72. The summed E-state index contributed by atoms with van der Waals surface area (Å²) in [7, 11) is 3.23. The Morgan fingerprint density at radius 1 is 0.939 bits per heavy atom. The molecule has 2 amide bonds. The summed E-state index contributed by atoms with van der Waals surface area (Å²) in [4.78, 5) is 15.1. The molecule has 1 N–H and O–H groups in total. The highest BCUT2D eigenvalue weighted by molar-refractivity contribution is 5.90. The predicted molar refractivity (Wildman–Crippen MR) is 126 cm³/mol. The van der Waals surface area contributed by atoms with Gasteiger partial charge in [-0.3, -0.25) is 0 Å². The van der Waals surface area contributed by atoms with E-state index in [1.807, 2.05) is 67.6 Å². The van der Waals surface area contributed by atoms with Crippen LogP contribution >= 0.6 is 0 Å². The minimum Gasteiger partial charge on any atom is -0.493 e. The predicted octanol–water partition coefficient (Wildman–Crippen LogP) is 5.02. The van der Waals surface area contributed by atoms with Crippen LogP contribution in [0.15, 0.2) is 60.7 Å². The number of anilines is 1. The summed E-state index contributed by atoms with van der Waals surface area (Å²) in [6.45, 7) is 3.14. The molecular formula is C26H28N2O5. The lowest BCUT2D eigenvalue weighted by atomic mass is 10.1. The molecule has 0 fully saturated rings. The summed E-state index contributed by atoms with van der Waals surface area (Å²) in [6.07, 6.45) is 0.659. The number of benzene rings is 3. The molecular weight excluding hydrogens is 420 g/mol. The number of rotatable bonds is 8. The van der Waals surface area contributed by atoms with Gasteiger partial charge in [-0.2, -0.15) is 0 Å². The van der Waals surface area contributed by atoms with Crippen molar-refractivity contribution in [1.82, 2.24) is 4.90 Å². The first-order valence-electron chi connectivity index (χ1n) is 10.8. The third kappa shape index (κ3) is 5.31. The van der Waals surface area contributed by atoms with Gasteiger partial charge in [0.1, 0.15) is 0 Å². The Hall–Kier alpha value is -3.87. The average molecular weight is 449 g/mol. The normalized spacial score (nSPS) is 11.7. The molecule has 0 bridgehead atoms. The molecule has 33 heavy (non-hydrogen) atoms.